The molecule has 0 radical (unpaired) electrons. The van der Waals surface area contributed by atoms with Gasteiger partial charge < -0.3 is 10.6 Å². The molecule has 0 bridgehead atoms. The molecule has 1 aliphatic rings. The van der Waals surface area contributed by atoms with Crippen LogP contribution in [0.1, 0.15) is 19.8 Å². The third kappa shape index (κ3) is 2.79. The molecule has 1 aromatic carbocycles. The van der Waals surface area contributed by atoms with E-state index in [-0.39, 0.29) is 17.6 Å². The van der Waals surface area contributed by atoms with Crippen molar-refractivity contribution in [3.63, 3.8) is 0 Å². The number of hydrogen-bond acceptors (Lipinski definition) is 2. The zero-order valence-electron chi connectivity index (χ0n) is 9.16. The maximum Gasteiger partial charge on any atom is 0.241 e. The van der Waals surface area contributed by atoms with Crippen LogP contribution in [0.5, 0.6) is 0 Å². The lowest BCUT2D eigenvalue weighted by molar-refractivity contribution is -0.117. The van der Waals surface area contributed by atoms with E-state index in [1.807, 2.05) is 0 Å². The standard InChI is InChI=1S/C12H15FN2O/c1-8(14-9-6-7-9)12(16)15-11-5-3-2-4-10(11)13/h2-5,8-9,14H,6-7H2,1H3,(H,15,16). The summed E-state index contributed by atoms with van der Waals surface area (Å²) in [5.74, 6) is -0.605. The zero-order valence-corrected chi connectivity index (χ0v) is 9.16. The molecule has 0 heterocycles. The third-order valence-corrected chi connectivity index (χ3v) is 2.59. The Morgan fingerprint density at radius 1 is 1.44 bits per heavy atom. The van der Waals surface area contributed by atoms with Crippen molar-refractivity contribution >= 4 is 11.6 Å². The lowest BCUT2D eigenvalue weighted by Crippen LogP contribution is -2.39. The van der Waals surface area contributed by atoms with Gasteiger partial charge in [-0.3, -0.25) is 4.79 Å². The van der Waals surface area contributed by atoms with E-state index in [1.54, 1.807) is 25.1 Å². The highest BCUT2D eigenvalue weighted by atomic mass is 19.1. The number of para-hydroxylation sites is 1. The summed E-state index contributed by atoms with van der Waals surface area (Å²) in [5, 5.41) is 5.73. The van der Waals surface area contributed by atoms with Crippen LogP contribution in [0.15, 0.2) is 24.3 Å². The number of rotatable bonds is 4. The van der Waals surface area contributed by atoms with Gasteiger partial charge in [-0.2, -0.15) is 0 Å². The van der Waals surface area contributed by atoms with Gasteiger partial charge in [0.1, 0.15) is 5.82 Å². The molecule has 1 atom stereocenters. The van der Waals surface area contributed by atoms with Crippen LogP contribution >= 0.6 is 0 Å². The Labute approximate surface area is 94.0 Å². The van der Waals surface area contributed by atoms with Gasteiger partial charge in [-0.15, -0.1) is 0 Å². The Morgan fingerprint density at radius 3 is 2.75 bits per heavy atom. The largest absolute Gasteiger partial charge is 0.322 e. The summed E-state index contributed by atoms with van der Waals surface area (Å²) in [6.45, 7) is 1.79. The predicted molar refractivity (Wildman–Crippen MR) is 60.6 cm³/mol. The van der Waals surface area contributed by atoms with E-state index in [9.17, 15) is 9.18 Å². The minimum atomic E-state index is -0.408. The molecular formula is C12H15FN2O. The lowest BCUT2D eigenvalue weighted by atomic mass is 10.2. The highest BCUT2D eigenvalue weighted by Crippen LogP contribution is 2.19. The van der Waals surface area contributed by atoms with Crippen molar-refractivity contribution in [2.45, 2.75) is 31.8 Å². The van der Waals surface area contributed by atoms with Crippen LogP contribution < -0.4 is 10.6 Å². The van der Waals surface area contributed by atoms with Gasteiger partial charge in [0.05, 0.1) is 11.7 Å². The van der Waals surface area contributed by atoms with E-state index < -0.39 is 5.82 Å². The molecule has 4 heteroatoms. The van der Waals surface area contributed by atoms with Crippen LogP contribution in [0.25, 0.3) is 0 Å². The lowest BCUT2D eigenvalue weighted by Gasteiger charge is -2.13. The number of hydrogen-bond donors (Lipinski definition) is 2. The summed E-state index contributed by atoms with van der Waals surface area (Å²) in [4.78, 5) is 11.7. The molecule has 86 valence electrons. The monoisotopic (exact) mass is 222 g/mol. The van der Waals surface area contributed by atoms with E-state index in [0.29, 0.717) is 6.04 Å². The number of halogens is 1. The normalized spacial score (nSPS) is 16.9. The number of anilines is 1. The van der Waals surface area contributed by atoms with E-state index >= 15 is 0 Å². The second kappa shape index (κ2) is 4.61. The van der Waals surface area contributed by atoms with Gasteiger partial charge in [0.2, 0.25) is 5.91 Å². The van der Waals surface area contributed by atoms with Gasteiger partial charge in [0, 0.05) is 6.04 Å². The summed E-state index contributed by atoms with van der Waals surface area (Å²) in [6, 6.07) is 6.34. The van der Waals surface area contributed by atoms with Crippen molar-refractivity contribution in [3.05, 3.63) is 30.1 Å². The van der Waals surface area contributed by atoms with Gasteiger partial charge in [0.25, 0.3) is 0 Å². The van der Waals surface area contributed by atoms with E-state index in [1.165, 1.54) is 6.07 Å². The number of benzene rings is 1. The van der Waals surface area contributed by atoms with Gasteiger partial charge >= 0.3 is 0 Å². The Hall–Kier alpha value is -1.42. The summed E-state index contributed by atoms with van der Waals surface area (Å²) in [6.07, 6.45) is 2.24. The molecule has 1 amide bonds. The van der Waals surface area contributed by atoms with E-state index in [0.717, 1.165) is 12.8 Å². The molecule has 1 unspecified atom stereocenters. The summed E-state index contributed by atoms with van der Waals surface area (Å²) < 4.78 is 13.3. The zero-order chi connectivity index (χ0) is 11.5. The smallest absolute Gasteiger partial charge is 0.241 e. The maximum absolute atomic E-state index is 13.3. The average molecular weight is 222 g/mol. The number of amides is 1. The van der Waals surface area contributed by atoms with Gasteiger partial charge in [-0.25, -0.2) is 4.39 Å². The third-order valence-electron chi connectivity index (χ3n) is 2.59. The van der Waals surface area contributed by atoms with Crippen molar-refractivity contribution in [1.29, 1.82) is 0 Å². The fourth-order valence-corrected chi connectivity index (χ4v) is 1.48. The molecule has 1 aliphatic carbocycles. The molecule has 2 N–H and O–H groups in total. The second-order valence-corrected chi connectivity index (χ2v) is 4.13. The molecule has 16 heavy (non-hydrogen) atoms. The maximum atomic E-state index is 13.3. The Kier molecular flexibility index (Phi) is 3.19. The van der Waals surface area contributed by atoms with Crippen molar-refractivity contribution in [3.8, 4) is 0 Å². The molecule has 1 fully saturated rings. The molecule has 0 spiro atoms. The fourth-order valence-electron chi connectivity index (χ4n) is 1.48. The van der Waals surface area contributed by atoms with Crippen molar-refractivity contribution in [2.75, 3.05) is 5.32 Å². The first-order chi connectivity index (χ1) is 7.66. The first-order valence-corrected chi connectivity index (χ1v) is 5.48. The Balaban J connectivity index is 1.93. The predicted octanol–water partition coefficient (Wildman–Crippen LogP) is 1.90. The Bertz CT molecular complexity index is 390. The van der Waals surface area contributed by atoms with Crippen LogP contribution in [-0.4, -0.2) is 18.0 Å². The number of carbonyl (C=O) groups is 1. The quantitative estimate of drug-likeness (QED) is 0.817. The van der Waals surface area contributed by atoms with E-state index in [4.69, 9.17) is 0 Å². The molecule has 0 aromatic heterocycles. The molecule has 0 saturated heterocycles. The SMILES string of the molecule is CC(NC1CC1)C(=O)Nc1ccccc1F. The first-order valence-electron chi connectivity index (χ1n) is 5.48. The summed E-state index contributed by atoms with van der Waals surface area (Å²) in [7, 11) is 0. The molecule has 3 nitrogen and oxygen atoms in total. The second-order valence-electron chi connectivity index (χ2n) is 4.13. The van der Waals surface area contributed by atoms with Crippen LogP contribution in [0, 0.1) is 5.82 Å². The topological polar surface area (TPSA) is 41.1 Å². The van der Waals surface area contributed by atoms with Gasteiger partial charge in [-0.05, 0) is 31.9 Å². The van der Waals surface area contributed by atoms with Crippen LogP contribution in [0.3, 0.4) is 0 Å². The highest BCUT2D eigenvalue weighted by Gasteiger charge is 2.25. The molecular weight excluding hydrogens is 207 g/mol. The molecule has 1 saturated carbocycles. The van der Waals surface area contributed by atoms with Gasteiger partial charge in [0.15, 0.2) is 0 Å². The minimum absolute atomic E-state index is 0.197. The average Bonchev–Trinajstić information content (AvgIpc) is 3.05. The minimum Gasteiger partial charge on any atom is -0.322 e. The number of carbonyl (C=O) groups excluding carboxylic acids is 1. The highest BCUT2D eigenvalue weighted by molar-refractivity contribution is 5.94. The molecule has 0 aliphatic heterocycles. The summed E-state index contributed by atoms with van der Waals surface area (Å²) in [5.41, 5.74) is 0.233. The van der Waals surface area contributed by atoms with Crippen molar-refractivity contribution in [1.82, 2.24) is 5.32 Å². The van der Waals surface area contributed by atoms with Gasteiger partial charge in [-0.1, -0.05) is 12.1 Å². The van der Waals surface area contributed by atoms with Crippen LogP contribution in [0.2, 0.25) is 0 Å². The Morgan fingerprint density at radius 2 is 2.12 bits per heavy atom. The number of nitrogens with one attached hydrogen (secondary N) is 2. The fraction of sp³-hybridized carbons (Fsp3) is 0.417. The van der Waals surface area contributed by atoms with E-state index in [2.05, 4.69) is 10.6 Å². The molecule has 1 aromatic rings. The van der Waals surface area contributed by atoms with Crippen LogP contribution in [-0.2, 0) is 4.79 Å². The van der Waals surface area contributed by atoms with Crippen LogP contribution in [0.4, 0.5) is 10.1 Å². The van der Waals surface area contributed by atoms with Crippen molar-refractivity contribution in [2.24, 2.45) is 0 Å². The van der Waals surface area contributed by atoms with Crippen molar-refractivity contribution < 1.29 is 9.18 Å². The first kappa shape index (κ1) is 11.1. The molecule has 2 rings (SSSR count). The summed E-state index contributed by atoms with van der Waals surface area (Å²) >= 11 is 0.